The average molecular weight is 305 g/mol. The topological polar surface area (TPSA) is 51.2 Å². The fourth-order valence-corrected chi connectivity index (χ4v) is 1.82. The maximum atomic E-state index is 12.0. The molecule has 0 bridgehead atoms. The SMILES string of the molecule is COCCC(C)(C)CNC(=O)c1cc(Cl)ncc1Cl. The minimum absolute atomic E-state index is 0.0467. The molecule has 0 atom stereocenters. The predicted molar refractivity (Wildman–Crippen MR) is 76.9 cm³/mol. The molecule has 6 heteroatoms. The highest BCUT2D eigenvalue weighted by molar-refractivity contribution is 6.35. The number of ether oxygens (including phenoxy) is 1. The summed E-state index contributed by atoms with van der Waals surface area (Å²) in [6.45, 7) is 5.32. The Bertz CT molecular complexity index is 450. The summed E-state index contributed by atoms with van der Waals surface area (Å²) < 4.78 is 5.04. The number of hydrogen-bond acceptors (Lipinski definition) is 3. The lowest BCUT2D eigenvalue weighted by Crippen LogP contribution is -2.34. The van der Waals surface area contributed by atoms with Gasteiger partial charge in [-0.2, -0.15) is 0 Å². The molecule has 0 aromatic carbocycles. The molecule has 106 valence electrons. The minimum atomic E-state index is -0.250. The normalized spacial score (nSPS) is 11.4. The maximum absolute atomic E-state index is 12.0. The van der Waals surface area contributed by atoms with Crippen molar-refractivity contribution in [3.8, 4) is 0 Å². The summed E-state index contributed by atoms with van der Waals surface area (Å²) in [6.07, 6.45) is 2.23. The molecule has 0 fully saturated rings. The number of aromatic nitrogens is 1. The molecule has 1 amide bonds. The molecular weight excluding hydrogens is 287 g/mol. The highest BCUT2D eigenvalue weighted by Crippen LogP contribution is 2.21. The quantitative estimate of drug-likeness (QED) is 0.821. The molecule has 1 rings (SSSR count). The van der Waals surface area contributed by atoms with Crippen LogP contribution in [0.5, 0.6) is 0 Å². The molecule has 0 saturated heterocycles. The molecule has 0 saturated carbocycles. The molecule has 0 aliphatic rings. The van der Waals surface area contributed by atoms with Crippen molar-refractivity contribution in [3.05, 3.63) is 28.0 Å². The number of carbonyl (C=O) groups excluding carboxylic acids is 1. The zero-order valence-electron chi connectivity index (χ0n) is 11.3. The van der Waals surface area contributed by atoms with Crippen molar-refractivity contribution in [1.29, 1.82) is 0 Å². The van der Waals surface area contributed by atoms with Gasteiger partial charge in [0.2, 0.25) is 0 Å². The molecule has 1 heterocycles. The van der Waals surface area contributed by atoms with Crippen LogP contribution in [0.3, 0.4) is 0 Å². The lowest BCUT2D eigenvalue weighted by molar-refractivity contribution is 0.0921. The van der Waals surface area contributed by atoms with Gasteiger partial charge in [0, 0.05) is 26.5 Å². The Morgan fingerprint density at radius 1 is 1.47 bits per heavy atom. The molecule has 0 unspecified atom stereocenters. The number of nitrogens with zero attached hydrogens (tertiary/aromatic N) is 1. The van der Waals surface area contributed by atoms with Crippen molar-refractivity contribution < 1.29 is 9.53 Å². The van der Waals surface area contributed by atoms with E-state index in [4.69, 9.17) is 27.9 Å². The van der Waals surface area contributed by atoms with Gasteiger partial charge in [-0.3, -0.25) is 4.79 Å². The molecule has 0 radical (unpaired) electrons. The fraction of sp³-hybridized carbons (Fsp3) is 0.538. The van der Waals surface area contributed by atoms with Gasteiger partial charge in [-0.15, -0.1) is 0 Å². The summed E-state index contributed by atoms with van der Waals surface area (Å²) in [5.41, 5.74) is 0.291. The van der Waals surface area contributed by atoms with Crippen molar-refractivity contribution in [3.63, 3.8) is 0 Å². The molecule has 19 heavy (non-hydrogen) atoms. The molecule has 0 aliphatic heterocycles. The van der Waals surface area contributed by atoms with E-state index in [0.29, 0.717) is 18.7 Å². The molecule has 0 aliphatic carbocycles. The highest BCUT2D eigenvalue weighted by atomic mass is 35.5. The number of halogens is 2. The van der Waals surface area contributed by atoms with Gasteiger partial charge in [-0.25, -0.2) is 4.98 Å². The molecule has 1 N–H and O–H groups in total. The zero-order valence-corrected chi connectivity index (χ0v) is 12.8. The molecule has 0 spiro atoms. The van der Waals surface area contributed by atoms with Gasteiger partial charge in [0.05, 0.1) is 10.6 Å². The highest BCUT2D eigenvalue weighted by Gasteiger charge is 2.20. The number of carbonyl (C=O) groups is 1. The number of pyridine rings is 1. The van der Waals surface area contributed by atoms with E-state index < -0.39 is 0 Å². The first kappa shape index (κ1) is 16.2. The van der Waals surface area contributed by atoms with Crippen molar-refractivity contribution >= 4 is 29.1 Å². The Hall–Kier alpha value is -0.840. The van der Waals surface area contributed by atoms with E-state index in [9.17, 15) is 4.79 Å². The van der Waals surface area contributed by atoms with Gasteiger partial charge < -0.3 is 10.1 Å². The van der Waals surface area contributed by atoms with Crippen molar-refractivity contribution in [2.75, 3.05) is 20.3 Å². The summed E-state index contributed by atoms with van der Waals surface area (Å²) in [5.74, 6) is -0.250. The van der Waals surface area contributed by atoms with Crippen LogP contribution in [0.15, 0.2) is 12.3 Å². The number of rotatable bonds is 6. The van der Waals surface area contributed by atoms with Crippen LogP contribution in [0, 0.1) is 5.41 Å². The first-order valence-corrected chi connectivity index (χ1v) is 6.69. The number of methoxy groups -OCH3 is 1. The standard InChI is InChI=1S/C13H18Cl2N2O2/c1-13(2,4-5-19-3)8-17-12(18)9-6-11(15)16-7-10(9)14/h6-7H,4-5,8H2,1-3H3,(H,17,18). The van der Waals surface area contributed by atoms with Crippen LogP contribution >= 0.6 is 23.2 Å². The van der Waals surface area contributed by atoms with Crippen LogP contribution in [0.2, 0.25) is 10.2 Å². The van der Waals surface area contributed by atoms with E-state index in [2.05, 4.69) is 24.1 Å². The predicted octanol–water partition coefficient (Wildman–Crippen LogP) is 3.18. The first-order chi connectivity index (χ1) is 8.85. The van der Waals surface area contributed by atoms with E-state index in [0.717, 1.165) is 6.42 Å². The summed E-state index contributed by atoms with van der Waals surface area (Å²) in [4.78, 5) is 15.8. The monoisotopic (exact) mass is 304 g/mol. The molecular formula is C13H18Cl2N2O2. The van der Waals surface area contributed by atoms with E-state index in [1.165, 1.54) is 12.3 Å². The second kappa shape index (κ2) is 7.08. The second-order valence-electron chi connectivity index (χ2n) is 5.08. The number of hydrogen-bond donors (Lipinski definition) is 1. The van der Waals surface area contributed by atoms with Crippen LogP contribution in [-0.2, 0) is 4.74 Å². The van der Waals surface area contributed by atoms with Crippen molar-refractivity contribution in [2.45, 2.75) is 20.3 Å². The lowest BCUT2D eigenvalue weighted by atomic mass is 9.89. The van der Waals surface area contributed by atoms with Crippen LogP contribution in [0.25, 0.3) is 0 Å². The van der Waals surface area contributed by atoms with Crippen LogP contribution in [0.1, 0.15) is 30.6 Å². The van der Waals surface area contributed by atoms with Crippen LogP contribution in [-0.4, -0.2) is 31.2 Å². The maximum Gasteiger partial charge on any atom is 0.252 e. The smallest absolute Gasteiger partial charge is 0.252 e. The Morgan fingerprint density at radius 2 is 2.16 bits per heavy atom. The largest absolute Gasteiger partial charge is 0.385 e. The van der Waals surface area contributed by atoms with E-state index >= 15 is 0 Å². The minimum Gasteiger partial charge on any atom is -0.385 e. The van der Waals surface area contributed by atoms with Gasteiger partial charge in [-0.05, 0) is 17.9 Å². The summed E-state index contributed by atoms with van der Waals surface area (Å²) in [6, 6.07) is 1.46. The summed E-state index contributed by atoms with van der Waals surface area (Å²) in [5, 5.41) is 3.38. The Balaban J connectivity index is 2.62. The molecule has 4 nitrogen and oxygen atoms in total. The zero-order chi connectivity index (χ0) is 14.5. The lowest BCUT2D eigenvalue weighted by Gasteiger charge is -2.24. The number of nitrogens with one attached hydrogen (secondary N) is 1. The molecule has 1 aromatic rings. The van der Waals surface area contributed by atoms with Crippen molar-refractivity contribution in [2.24, 2.45) is 5.41 Å². The second-order valence-corrected chi connectivity index (χ2v) is 5.87. The third-order valence-electron chi connectivity index (χ3n) is 2.78. The third-order valence-corrected chi connectivity index (χ3v) is 3.28. The van der Waals surface area contributed by atoms with Gasteiger partial charge >= 0.3 is 0 Å². The Kier molecular flexibility index (Phi) is 6.04. The van der Waals surface area contributed by atoms with E-state index in [1.807, 2.05) is 0 Å². The van der Waals surface area contributed by atoms with Crippen LogP contribution < -0.4 is 5.32 Å². The van der Waals surface area contributed by atoms with Gasteiger partial charge in [0.15, 0.2) is 0 Å². The average Bonchev–Trinajstić information content (AvgIpc) is 2.36. The first-order valence-electron chi connectivity index (χ1n) is 5.94. The van der Waals surface area contributed by atoms with Crippen LogP contribution in [0.4, 0.5) is 0 Å². The van der Waals surface area contributed by atoms with Gasteiger partial charge in [0.25, 0.3) is 5.91 Å². The number of amides is 1. The van der Waals surface area contributed by atoms with Gasteiger partial charge in [0.1, 0.15) is 5.15 Å². The Morgan fingerprint density at radius 3 is 2.79 bits per heavy atom. The third kappa shape index (κ3) is 5.35. The summed E-state index contributed by atoms with van der Waals surface area (Å²) in [7, 11) is 1.66. The molecule has 1 aromatic heterocycles. The fourth-order valence-electron chi connectivity index (χ4n) is 1.47. The van der Waals surface area contributed by atoms with Gasteiger partial charge in [-0.1, -0.05) is 37.0 Å². The van der Waals surface area contributed by atoms with E-state index in [-0.39, 0.29) is 21.5 Å². The van der Waals surface area contributed by atoms with Crippen molar-refractivity contribution in [1.82, 2.24) is 10.3 Å². The van der Waals surface area contributed by atoms with E-state index in [1.54, 1.807) is 7.11 Å². The Labute approximate surface area is 123 Å². The summed E-state index contributed by atoms with van der Waals surface area (Å²) >= 11 is 11.7.